The van der Waals surface area contributed by atoms with Crippen LogP contribution in [0.2, 0.25) is 0 Å². The number of amides is 1. The fourth-order valence-electron chi connectivity index (χ4n) is 2.38. The van der Waals surface area contributed by atoms with Gasteiger partial charge in [-0.15, -0.1) is 0 Å². The molecule has 0 aliphatic rings. The molecule has 0 atom stereocenters. The van der Waals surface area contributed by atoms with Crippen LogP contribution >= 0.6 is 0 Å². The average Bonchev–Trinajstić information content (AvgIpc) is 2.61. The Morgan fingerprint density at radius 3 is 2.50 bits per heavy atom. The monoisotopic (exact) mass is 322 g/mol. The summed E-state index contributed by atoms with van der Waals surface area (Å²) in [6.45, 7) is 2.29. The first kappa shape index (κ1) is 15.5. The third-order valence-electron chi connectivity index (χ3n) is 3.50. The lowest BCUT2D eigenvalue weighted by atomic mass is 10.1. The first-order valence-corrected chi connectivity index (χ1v) is 7.40. The Hall–Kier alpha value is -3.35. The van der Waals surface area contributed by atoms with Crippen molar-refractivity contribution in [2.24, 2.45) is 0 Å². The van der Waals surface area contributed by atoms with E-state index < -0.39 is 4.92 Å². The molecule has 0 bridgehead atoms. The van der Waals surface area contributed by atoms with Crippen LogP contribution in [-0.2, 0) is 0 Å². The Morgan fingerprint density at radius 1 is 1.12 bits per heavy atom. The van der Waals surface area contributed by atoms with Crippen molar-refractivity contribution in [3.05, 3.63) is 64.5 Å². The van der Waals surface area contributed by atoms with Gasteiger partial charge >= 0.3 is 0 Å². The van der Waals surface area contributed by atoms with Crippen molar-refractivity contribution in [1.82, 2.24) is 15.3 Å². The summed E-state index contributed by atoms with van der Waals surface area (Å²) < 4.78 is 0. The standard InChI is InChI=1S/C17H14N4O3/c1-2-18-17(22)16-19-14-6-4-3-5-13(14)15(20-16)11-7-9-12(10-8-11)21(23)24/h3-10H,2H2,1H3,(H,18,22). The maximum atomic E-state index is 12.1. The number of carbonyl (C=O) groups excluding carboxylic acids is 1. The van der Waals surface area contributed by atoms with E-state index in [0.717, 1.165) is 5.39 Å². The molecule has 0 fully saturated rings. The van der Waals surface area contributed by atoms with E-state index in [9.17, 15) is 14.9 Å². The van der Waals surface area contributed by atoms with Crippen LogP contribution in [0.5, 0.6) is 0 Å². The van der Waals surface area contributed by atoms with Crippen molar-refractivity contribution in [2.75, 3.05) is 6.54 Å². The molecule has 0 saturated carbocycles. The molecule has 1 aromatic heterocycles. The topological polar surface area (TPSA) is 98.0 Å². The van der Waals surface area contributed by atoms with Gasteiger partial charge in [-0.3, -0.25) is 14.9 Å². The minimum atomic E-state index is -0.456. The van der Waals surface area contributed by atoms with Gasteiger partial charge in [0.1, 0.15) is 0 Å². The number of hydrogen-bond donors (Lipinski definition) is 1. The number of nitro groups is 1. The van der Waals surface area contributed by atoms with Gasteiger partial charge in [0.2, 0.25) is 5.82 Å². The Kier molecular flexibility index (Phi) is 4.15. The van der Waals surface area contributed by atoms with Crippen LogP contribution in [0, 0.1) is 10.1 Å². The van der Waals surface area contributed by atoms with E-state index in [1.165, 1.54) is 12.1 Å². The van der Waals surface area contributed by atoms with Gasteiger partial charge in [0.15, 0.2) is 0 Å². The predicted molar refractivity (Wildman–Crippen MR) is 89.6 cm³/mol. The smallest absolute Gasteiger partial charge is 0.289 e. The summed E-state index contributed by atoms with van der Waals surface area (Å²) >= 11 is 0. The van der Waals surface area contributed by atoms with Crippen LogP contribution in [0.1, 0.15) is 17.5 Å². The molecule has 3 aromatic rings. The summed E-state index contributed by atoms with van der Waals surface area (Å²) in [7, 11) is 0. The van der Waals surface area contributed by atoms with Crippen LogP contribution in [0.4, 0.5) is 5.69 Å². The largest absolute Gasteiger partial charge is 0.350 e. The predicted octanol–water partition coefficient (Wildman–Crippen LogP) is 2.95. The van der Waals surface area contributed by atoms with Gasteiger partial charge in [0, 0.05) is 29.6 Å². The average molecular weight is 322 g/mol. The number of non-ortho nitro benzene ring substituents is 1. The first-order valence-electron chi connectivity index (χ1n) is 7.40. The Balaban J connectivity index is 2.17. The van der Waals surface area contributed by atoms with Gasteiger partial charge in [-0.25, -0.2) is 9.97 Å². The molecule has 0 aliphatic heterocycles. The summed E-state index contributed by atoms with van der Waals surface area (Å²) in [6.07, 6.45) is 0. The normalized spacial score (nSPS) is 10.5. The van der Waals surface area contributed by atoms with E-state index in [1.54, 1.807) is 18.2 Å². The SMILES string of the molecule is CCNC(=O)c1nc(-c2ccc([N+](=O)[O-])cc2)c2ccccc2n1. The fourth-order valence-corrected chi connectivity index (χ4v) is 2.38. The molecule has 2 aromatic carbocycles. The maximum absolute atomic E-state index is 12.1. The molecule has 24 heavy (non-hydrogen) atoms. The van der Waals surface area contributed by atoms with Gasteiger partial charge in [-0.05, 0) is 25.1 Å². The van der Waals surface area contributed by atoms with Crippen molar-refractivity contribution in [3.63, 3.8) is 0 Å². The van der Waals surface area contributed by atoms with Crippen molar-refractivity contribution in [1.29, 1.82) is 0 Å². The number of hydrogen-bond acceptors (Lipinski definition) is 5. The van der Waals surface area contributed by atoms with E-state index in [2.05, 4.69) is 15.3 Å². The van der Waals surface area contributed by atoms with E-state index in [-0.39, 0.29) is 17.4 Å². The van der Waals surface area contributed by atoms with E-state index in [0.29, 0.717) is 23.3 Å². The number of carbonyl (C=O) groups is 1. The number of benzene rings is 2. The maximum Gasteiger partial charge on any atom is 0.289 e. The number of nitro benzene ring substituents is 1. The molecule has 120 valence electrons. The van der Waals surface area contributed by atoms with Crippen LogP contribution in [0.25, 0.3) is 22.2 Å². The molecule has 3 rings (SSSR count). The summed E-state index contributed by atoms with van der Waals surface area (Å²) in [6, 6.07) is 13.4. The van der Waals surface area contributed by atoms with Crippen molar-refractivity contribution < 1.29 is 9.72 Å². The summed E-state index contributed by atoms with van der Waals surface area (Å²) in [4.78, 5) is 31.1. The molecule has 1 amide bonds. The Morgan fingerprint density at radius 2 is 1.83 bits per heavy atom. The molecule has 0 radical (unpaired) electrons. The van der Waals surface area contributed by atoms with Crippen molar-refractivity contribution >= 4 is 22.5 Å². The van der Waals surface area contributed by atoms with Crippen LogP contribution in [0.3, 0.4) is 0 Å². The highest BCUT2D eigenvalue weighted by atomic mass is 16.6. The molecule has 0 aliphatic carbocycles. The molecule has 0 unspecified atom stereocenters. The van der Waals surface area contributed by atoms with Crippen molar-refractivity contribution in [2.45, 2.75) is 6.92 Å². The second-order valence-corrected chi connectivity index (χ2v) is 5.08. The third-order valence-corrected chi connectivity index (χ3v) is 3.50. The minimum Gasteiger partial charge on any atom is -0.350 e. The zero-order valence-corrected chi connectivity index (χ0v) is 12.9. The highest BCUT2D eigenvalue weighted by Gasteiger charge is 2.15. The molecule has 0 saturated heterocycles. The van der Waals surface area contributed by atoms with Gasteiger partial charge in [0.05, 0.1) is 16.1 Å². The summed E-state index contributed by atoms with van der Waals surface area (Å²) in [5.74, 6) is -0.282. The second kappa shape index (κ2) is 6.41. The number of aromatic nitrogens is 2. The quantitative estimate of drug-likeness (QED) is 0.588. The Bertz CT molecular complexity index is 923. The molecular weight excluding hydrogens is 308 g/mol. The number of rotatable bonds is 4. The van der Waals surface area contributed by atoms with Crippen LogP contribution in [-0.4, -0.2) is 27.3 Å². The van der Waals surface area contributed by atoms with E-state index in [1.807, 2.05) is 25.1 Å². The lowest BCUT2D eigenvalue weighted by Crippen LogP contribution is -2.25. The van der Waals surface area contributed by atoms with Crippen molar-refractivity contribution in [3.8, 4) is 11.3 Å². The van der Waals surface area contributed by atoms with Gasteiger partial charge < -0.3 is 5.32 Å². The van der Waals surface area contributed by atoms with Crippen LogP contribution in [0.15, 0.2) is 48.5 Å². The number of nitrogens with zero attached hydrogens (tertiary/aromatic N) is 3. The first-order chi connectivity index (χ1) is 11.6. The minimum absolute atomic E-state index is 0.000983. The lowest BCUT2D eigenvalue weighted by molar-refractivity contribution is -0.384. The Labute approximate surface area is 137 Å². The van der Waals surface area contributed by atoms with E-state index in [4.69, 9.17) is 0 Å². The third kappa shape index (κ3) is 2.91. The molecule has 1 heterocycles. The molecule has 7 heteroatoms. The second-order valence-electron chi connectivity index (χ2n) is 5.08. The molecule has 7 nitrogen and oxygen atoms in total. The molecule has 1 N–H and O–H groups in total. The van der Waals surface area contributed by atoms with Gasteiger partial charge in [-0.1, -0.05) is 18.2 Å². The molecule has 0 spiro atoms. The number of para-hydroxylation sites is 1. The zero-order valence-electron chi connectivity index (χ0n) is 12.9. The van der Waals surface area contributed by atoms with Crippen LogP contribution < -0.4 is 5.32 Å². The fraction of sp³-hybridized carbons (Fsp3) is 0.118. The van der Waals surface area contributed by atoms with Gasteiger partial charge in [-0.2, -0.15) is 0 Å². The highest BCUT2D eigenvalue weighted by molar-refractivity contribution is 5.97. The molecular formula is C17H14N4O3. The number of fused-ring (bicyclic) bond motifs is 1. The highest BCUT2D eigenvalue weighted by Crippen LogP contribution is 2.27. The van der Waals surface area contributed by atoms with Gasteiger partial charge in [0.25, 0.3) is 11.6 Å². The zero-order chi connectivity index (χ0) is 17.1. The van der Waals surface area contributed by atoms with E-state index >= 15 is 0 Å². The summed E-state index contributed by atoms with van der Waals surface area (Å²) in [5.41, 5.74) is 1.89. The lowest BCUT2D eigenvalue weighted by Gasteiger charge is -2.08. The summed E-state index contributed by atoms with van der Waals surface area (Å²) in [5, 5.41) is 14.3. The number of nitrogens with one attached hydrogen (secondary N) is 1.